The molecule has 3 heteroatoms. The Bertz CT molecular complexity index is 556. The molecule has 0 aliphatic carbocycles. The van der Waals surface area contributed by atoms with Crippen LogP contribution in [0.4, 0.5) is 0 Å². The number of rotatable bonds is 4. The van der Waals surface area contributed by atoms with Gasteiger partial charge in [-0.15, -0.1) is 0 Å². The van der Waals surface area contributed by atoms with Crippen molar-refractivity contribution in [2.75, 3.05) is 6.61 Å². The summed E-state index contributed by atoms with van der Waals surface area (Å²) in [5.41, 5.74) is 3.48. The van der Waals surface area contributed by atoms with Gasteiger partial charge < -0.3 is 9.84 Å². The number of benzene rings is 1. The van der Waals surface area contributed by atoms with E-state index in [0.717, 1.165) is 18.7 Å². The molecule has 0 fully saturated rings. The lowest BCUT2D eigenvalue weighted by molar-refractivity contribution is 0.00437. The van der Waals surface area contributed by atoms with Crippen LogP contribution in [-0.4, -0.2) is 22.8 Å². The van der Waals surface area contributed by atoms with Crippen molar-refractivity contribution in [3.05, 3.63) is 65.5 Å². The van der Waals surface area contributed by atoms with E-state index in [1.165, 1.54) is 11.1 Å². The highest BCUT2D eigenvalue weighted by Gasteiger charge is 2.23. The predicted molar refractivity (Wildman–Crippen MR) is 77.4 cm³/mol. The van der Waals surface area contributed by atoms with Crippen LogP contribution in [0.25, 0.3) is 0 Å². The smallest absolute Gasteiger partial charge is 0.0852 e. The van der Waals surface area contributed by atoms with E-state index in [1.54, 1.807) is 6.20 Å². The number of fused-ring (bicyclic) bond motifs is 1. The van der Waals surface area contributed by atoms with E-state index in [2.05, 4.69) is 23.2 Å². The fourth-order valence-electron chi connectivity index (χ4n) is 2.76. The van der Waals surface area contributed by atoms with Crippen LogP contribution in [0.15, 0.2) is 48.7 Å². The number of aliphatic hydroxyl groups excluding tert-OH is 1. The molecule has 2 aromatic rings. The summed E-state index contributed by atoms with van der Waals surface area (Å²) in [5.74, 6) is 0. The van der Waals surface area contributed by atoms with Gasteiger partial charge >= 0.3 is 0 Å². The number of aliphatic hydroxyl groups is 1. The molecule has 0 bridgehead atoms. The van der Waals surface area contributed by atoms with E-state index in [9.17, 15) is 5.11 Å². The van der Waals surface area contributed by atoms with Crippen molar-refractivity contribution in [1.82, 2.24) is 4.98 Å². The van der Waals surface area contributed by atoms with Gasteiger partial charge in [-0.3, -0.25) is 4.98 Å². The van der Waals surface area contributed by atoms with E-state index in [-0.39, 0.29) is 6.10 Å². The topological polar surface area (TPSA) is 42.4 Å². The van der Waals surface area contributed by atoms with Crippen molar-refractivity contribution in [3.63, 3.8) is 0 Å². The molecule has 0 saturated heterocycles. The molecule has 3 nitrogen and oxygen atoms in total. The highest BCUT2D eigenvalue weighted by atomic mass is 16.5. The number of hydrogen-bond donors (Lipinski definition) is 1. The summed E-state index contributed by atoms with van der Waals surface area (Å²) in [5, 5.41) is 10.3. The molecule has 2 atom stereocenters. The first kappa shape index (κ1) is 13.3. The summed E-state index contributed by atoms with van der Waals surface area (Å²) in [4.78, 5) is 4.26. The number of hydrogen-bond acceptors (Lipinski definition) is 3. The largest absolute Gasteiger partial charge is 0.393 e. The summed E-state index contributed by atoms with van der Waals surface area (Å²) in [6.45, 7) is 0.734. The van der Waals surface area contributed by atoms with Crippen molar-refractivity contribution in [1.29, 1.82) is 0 Å². The molecule has 104 valence electrons. The lowest BCUT2D eigenvalue weighted by Gasteiger charge is -2.27. The Morgan fingerprint density at radius 1 is 1.20 bits per heavy atom. The van der Waals surface area contributed by atoms with Crippen molar-refractivity contribution in [3.8, 4) is 0 Å². The van der Waals surface area contributed by atoms with Gasteiger partial charge in [0.15, 0.2) is 0 Å². The van der Waals surface area contributed by atoms with Gasteiger partial charge in [0.1, 0.15) is 0 Å². The number of ether oxygens (including phenoxy) is 1. The maximum absolute atomic E-state index is 10.3. The number of pyridine rings is 1. The van der Waals surface area contributed by atoms with Gasteiger partial charge in [-0.2, -0.15) is 0 Å². The third-order valence-electron chi connectivity index (χ3n) is 3.75. The molecule has 3 rings (SSSR count). The lowest BCUT2D eigenvalue weighted by Crippen LogP contribution is -2.22. The minimum atomic E-state index is -0.430. The van der Waals surface area contributed by atoms with Crippen LogP contribution in [0.1, 0.15) is 29.3 Å². The molecule has 0 saturated carbocycles. The van der Waals surface area contributed by atoms with Crippen molar-refractivity contribution >= 4 is 0 Å². The minimum Gasteiger partial charge on any atom is -0.393 e. The third-order valence-corrected chi connectivity index (χ3v) is 3.75. The molecule has 1 aromatic carbocycles. The molecule has 2 unspecified atom stereocenters. The average molecular weight is 269 g/mol. The fourth-order valence-corrected chi connectivity index (χ4v) is 2.76. The maximum atomic E-state index is 10.3. The van der Waals surface area contributed by atoms with Crippen LogP contribution in [0.5, 0.6) is 0 Å². The Labute approximate surface area is 119 Å². The monoisotopic (exact) mass is 269 g/mol. The molecular formula is C17H19NO2. The highest BCUT2D eigenvalue weighted by molar-refractivity contribution is 5.31. The van der Waals surface area contributed by atoms with Gasteiger partial charge in [0, 0.05) is 24.7 Å². The van der Waals surface area contributed by atoms with Gasteiger partial charge in [0.05, 0.1) is 18.8 Å². The summed E-state index contributed by atoms with van der Waals surface area (Å²) < 4.78 is 5.83. The van der Waals surface area contributed by atoms with Gasteiger partial charge in [-0.25, -0.2) is 0 Å². The van der Waals surface area contributed by atoms with Crippen LogP contribution >= 0.6 is 0 Å². The normalized spacial score (nSPS) is 19.4. The minimum absolute atomic E-state index is 0.00124. The molecule has 1 aliphatic heterocycles. The third kappa shape index (κ3) is 3.06. The zero-order valence-corrected chi connectivity index (χ0v) is 11.4. The second kappa shape index (κ2) is 6.16. The first-order chi connectivity index (χ1) is 9.83. The fraction of sp³-hybridized carbons (Fsp3) is 0.353. The molecule has 20 heavy (non-hydrogen) atoms. The van der Waals surface area contributed by atoms with E-state index in [4.69, 9.17) is 4.74 Å². The Kier molecular flexibility index (Phi) is 4.09. The van der Waals surface area contributed by atoms with E-state index in [0.29, 0.717) is 12.8 Å². The van der Waals surface area contributed by atoms with Crippen LogP contribution in [0.3, 0.4) is 0 Å². The van der Waals surface area contributed by atoms with E-state index in [1.807, 2.05) is 24.3 Å². The van der Waals surface area contributed by atoms with Crippen molar-refractivity contribution in [2.24, 2.45) is 0 Å². The molecular weight excluding hydrogens is 250 g/mol. The SMILES string of the molecule is OC(Cc1ccccn1)CC1OCCc2ccccc21. The van der Waals surface area contributed by atoms with Crippen LogP contribution in [-0.2, 0) is 17.6 Å². The van der Waals surface area contributed by atoms with E-state index >= 15 is 0 Å². The molecule has 1 aromatic heterocycles. The van der Waals surface area contributed by atoms with Crippen molar-refractivity contribution in [2.45, 2.75) is 31.5 Å². The van der Waals surface area contributed by atoms with Crippen molar-refractivity contribution < 1.29 is 9.84 Å². The maximum Gasteiger partial charge on any atom is 0.0852 e. The molecule has 2 heterocycles. The first-order valence-corrected chi connectivity index (χ1v) is 7.10. The average Bonchev–Trinajstić information content (AvgIpc) is 2.48. The molecule has 0 spiro atoms. The first-order valence-electron chi connectivity index (χ1n) is 7.10. The summed E-state index contributed by atoms with van der Waals surface area (Å²) in [6.07, 6.45) is 3.48. The second-order valence-corrected chi connectivity index (χ2v) is 5.22. The second-order valence-electron chi connectivity index (χ2n) is 5.22. The molecule has 1 N–H and O–H groups in total. The van der Waals surface area contributed by atoms with Crippen LogP contribution < -0.4 is 0 Å². The highest BCUT2D eigenvalue weighted by Crippen LogP contribution is 2.30. The van der Waals surface area contributed by atoms with Crippen LogP contribution in [0, 0.1) is 0 Å². The predicted octanol–water partition coefficient (Wildman–Crippen LogP) is 2.69. The zero-order valence-electron chi connectivity index (χ0n) is 11.4. The standard InChI is InChI=1S/C17H19NO2/c19-15(11-14-6-3-4-9-18-14)12-17-16-7-2-1-5-13(16)8-10-20-17/h1-7,9,15,17,19H,8,10-12H2. The van der Waals surface area contributed by atoms with Gasteiger partial charge in [0.2, 0.25) is 0 Å². The Morgan fingerprint density at radius 3 is 2.90 bits per heavy atom. The van der Waals surface area contributed by atoms with Gasteiger partial charge in [-0.05, 0) is 29.7 Å². The zero-order chi connectivity index (χ0) is 13.8. The lowest BCUT2D eigenvalue weighted by atomic mass is 9.93. The van der Waals surface area contributed by atoms with Gasteiger partial charge in [-0.1, -0.05) is 30.3 Å². The van der Waals surface area contributed by atoms with Gasteiger partial charge in [0.25, 0.3) is 0 Å². The molecule has 0 amide bonds. The van der Waals surface area contributed by atoms with Crippen LogP contribution in [0.2, 0.25) is 0 Å². The Morgan fingerprint density at radius 2 is 2.05 bits per heavy atom. The van der Waals surface area contributed by atoms with E-state index < -0.39 is 6.10 Å². The molecule has 1 aliphatic rings. The number of nitrogens with zero attached hydrogens (tertiary/aromatic N) is 1. The molecule has 0 radical (unpaired) electrons. The summed E-state index contributed by atoms with van der Waals surface area (Å²) in [7, 11) is 0. The number of aromatic nitrogens is 1. The summed E-state index contributed by atoms with van der Waals surface area (Å²) in [6, 6.07) is 14.1. The Balaban J connectivity index is 1.66. The Hall–Kier alpha value is -1.71. The summed E-state index contributed by atoms with van der Waals surface area (Å²) >= 11 is 0. The quantitative estimate of drug-likeness (QED) is 0.928.